The first-order valence-corrected chi connectivity index (χ1v) is 8.42. The molecule has 0 unspecified atom stereocenters. The van der Waals surface area contributed by atoms with Crippen LogP contribution >= 0.6 is 12.2 Å². The number of guanidine groups is 1. The maximum atomic E-state index is 5.90. The second-order valence-corrected chi connectivity index (χ2v) is 6.06. The Morgan fingerprint density at radius 1 is 1.36 bits per heavy atom. The fourth-order valence-corrected chi connectivity index (χ4v) is 2.85. The van der Waals surface area contributed by atoms with Crippen LogP contribution < -0.4 is 16.4 Å². The van der Waals surface area contributed by atoms with Gasteiger partial charge in [0.2, 0.25) is 0 Å². The Morgan fingerprint density at radius 2 is 2.18 bits per heavy atom. The molecule has 0 aliphatic heterocycles. The zero-order valence-corrected chi connectivity index (χ0v) is 13.7. The largest absolute Gasteiger partial charge is 0.370 e. The van der Waals surface area contributed by atoms with Gasteiger partial charge in [-0.1, -0.05) is 25.3 Å². The molecule has 2 rings (SSSR count). The van der Waals surface area contributed by atoms with E-state index in [0.717, 1.165) is 32.2 Å². The van der Waals surface area contributed by atoms with Crippen LogP contribution in [0.3, 0.4) is 0 Å². The molecule has 120 valence electrons. The van der Waals surface area contributed by atoms with E-state index in [2.05, 4.69) is 26.7 Å². The van der Waals surface area contributed by atoms with Gasteiger partial charge in [0, 0.05) is 18.9 Å². The first kappa shape index (κ1) is 16.7. The molecule has 22 heavy (non-hydrogen) atoms. The number of aromatic nitrogens is 1. The Morgan fingerprint density at radius 3 is 2.91 bits per heavy atom. The number of aliphatic imine (C=N–C) groups is 1. The zero-order valence-electron chi connectivity index (χ0n) is 12.9. The fourth-order valence-electron chi connectivity index (χ4n) is 2.64. The minimum atomic E-state index is 0.356. The lowest BCUT2D eigenvalue weighted by molar-refractivity contribution is 0.442. The number of pyridine rings is 1. The summed E-state index contributed by atoms with van der Waals surface area (Å²) in [5.74, 6) is 0.427. The van der Waals surface area contributed by atoms with Crippen molar-refractivity contribution in [2.45, 2.75) is 51.0 Å². The van der Waals surface area contributed by atoms with Crippen LogP contribution in [0.4, 0.5) is 0 Å². The van der Waals surface area contributed by atoms with Crippen LogP contribution in [-0.2, 0) is 6.42 Å². The highest BCUT2D eigenvalue weighted by atomic mass is 32.1. The molecule has 1 aromatic rings. The summed E-state index contributed by atoms with van der Waals surface area (Å²) in [6.07, 6.45) is 11.7. The molecule has 0 spiro atoms. The van der Waals surface area contributed by atoms with Crippen LogP contribution in [0.25, 0.3) is 0 Å². The Bertz CT molecular complexity index is 483. The van der Waals surface area contributed by atoms with Crippen molar-refractivity contribution in [3.05, 3.63) is 30.1 Å². The van der Waals surface area contributed by atoms with Gasteiger partial charge in [-0.25, -0.2) is 4.99 Å². The third-order valence-electron chi connectivity index (χ3n) is 3.79. The molecular weight excluding hydrogens is 294 g/mol. The van der Waals surface area contributed by atoms with Crippen molar-refractivity contribution < 1.29 is 0 Å². The van der Waals surface area contributed by atoms with Gasteiger partial charge in [0.1, 0.15) is 0 Å². The van der Waals surface area contributed by atoms with Crippen molar-refractivity contribution in [3.8, 4) is 0 Å². The van der Waals surface area contributed by atoms with Gasteiger partial charge >= 0.3 is 0 Å². The smallest absolute Gasteiger partial charge is 0.195 e. The maximum absolute atomic E-state index is 5.90. The van der Waals surface area contributed by atoms with E-state index >= 15 is 0 Å². The summed E-state index contributed by atoms with van der Waals surface area (Å²) < 4.78 is 0. The molecule has 0 bridgehead atoms. The van der Waals surface area contributed by atoms with E-state index < -0.39 is 0 Å². The Hall–Kier alpha value is -1.69. The van der Waals surface area contributed by atoms with Crippen molar-refractivity contribution >= 4 is 23.3 Å². The van der Waals surface area contributed by atoms with Gasteiger partial charge in [0.25, 0.3) is 0 Å². The summed E-state index contributed by atoms with van der Waals surface area (Å²) >= 11 is 5.23. The van der Waals surface area contributed by atoms with Gasteiger partial charge < -0.3 is 16.4 Å². The molecule has 1 aromatic heterocycles. The Kier molecular flexibility index (Phi) is 7.09. The summed E-state index contributed by atoms with van der Waals surface area (Å²) in [6, 6.07) is 4.39. The number of aryl methyl sites for hydroxylation is 1. The quantitative estimate of drug-likeness (QED) is 0.335. The van der Waals surface area contributed by atoms with Gasteiger partial charge in [-0.2, -0.15) is 0 Å². The molecule has 6 heteroatoms. The minimum Gasteiger partial charge on any atom is -0.370 e. The van der Waals surface area contributed by atoms with Gasteiger partial charge in [-0.15, -0.1) is 0 Å². The van der Waals surface area contributed by atoms with Crippen LogP contribution in [0.2, 0.25) is 0 Å². The first-order valence-electron chi connectivity index (χ1n) is 8.01. The van der Waals surface area contributed by atoms with Gasteiger partial charge in [0.15, 0.2) is 11.1 Å². The van der Waals surface area contributed by atoms with Crippen molar-refractivity contribution in [2.75, 3.05) is 6.54 Å². The normalized spacial score (nSPS) is 16.3. The van der Waals surface area contributed by atoms with Crippen LogP contribution in [0.1, 0.15) is 44.1 Å². The van der Waals surface area contributed by atoms with E-state index in [1.807, 2.05) is 12.3 Å². The van der Waals surface area contributed by atoms with E-state index in [4.69, 9.17) is 18.0 Å². The molecule has 1 aliphatic carbocycles. The second-order valence-electron chi connectivity index (χ2n) is 5.65. The van der Waals surface area contributed by atoms with E-state index in [0.29, 0.717) is 17.1 Å². The molecule has 0 radical (unpaired) electrons. The number of hydrogen-bond acceptors (Lipinski definition) is 3. The third kappa shape index (κ3) is 6.39. The average Bonchev–Trinajstić information content (AvgIpc) is 2.53. The van der Waals surface area contributed by atoms with Gasteiger partial charge in [0.05, 0.1) is 6.04 Å². The van der Waals surface area contributed by atoms with Crippen molar-refractivity contribution in [3.63, 3.8) is 0 Å². The lowest BCUT2D eigenvalue weighted by Gasteiger charge is -2.18. The van der Waals surface area contributed by atoms with Crippen LogP contribution in [0, 0.1) is 0 Å². The number of hydrogen-bond donors (Lipinski definition) is 3. The van der Waals surface area contributed by atoms with Crippen LogP contribution in [0.5, 0.6) is 0 Å². The minimum absolute atomic E-state index is 0.356. The molecule has 0 saturated heterocycles. The molecule has 1 saturated carbocycles. The van der Waals surface area contributed by atoms with Crippen LogP contribution in [0.15, 0.2) is 29.5 Å². The number of nitrogens with zero attached hydrogens (tertiary/aromatic N) is 2. The highest BCUT2D eigenvalue weighted by Gasteiger charge is 2.12. The molecule has 1 fully saturated rings. The number of rotatable bonds is 5. The van der Waals surface area contributed by atoms with E-state index in [-0.39, 0.29) is 0 Å². The maximum Gasteiger partial charge on any atom is 0.195 e. The summed E-state index contributed by atoms with van der Waals surface area (Å²) in [4.78, 5) is 8.60. The monoisotopic (exact) mass is 319 g/mol. The Balaban J connectivity index is 1.61. The summed E-state index contributed by atoms with van der Waals surface area (Å²) in [6.45, 7) is 0.803. The molecule has 4 N–H and O–H groups in total. The molecule has 5 nitrogen and oxygen atoms in total. The first-order chi connectivity index (χ1) is 10.7. The predicted octanol–water partition coefficient (Wildman–Crippen LogP) is 2.13. The van der Waals surface area contributed by atoms with Crippen molar-refractivity contribution in [1.29, 1.82) is 0 Å². The molecule has 0 atom stereocenters. The summed E-state index contributed by atoms with van der Waals surface area (Å²) in [5.41, 5.74) is 7.14. The predicted molar refractivity (Wildman–Crippen MR) is 94.8 cm³/mol. The van der Waals surface area contributed by atoms with Gasteiger partial charge in [-0.3, -0.25) is 4.98 Å². The summed E-state index contributed by atoms with van der Waals surface area (Å²) in [5, 5.41) is 6.67. The highest BCUT2D eigenvalue weighted by molar-refractivity contribution is 7.80. The topological polar surface area (TPSA) is 75.3 Å². The number of nitrogens with one attached hydrogen (secondary N) is 2. The fraction of sp³-hybridized carbons (Fsp3) is 0.562. The molecule has 1 heterocycles. The lowest BCUT2D eigenvalue weighted by Crippen LogP contribution is -2.44. The average molecular weight is 319 g/mol. The van der Waals surface area contributed by atoms with Gasteiger partial charge in [-0.05, 0) is 49.5 Å². The number of thiocarbonyl (C=S) groups is 1. The van der Waals surface area contributed by atoms with Crippen molar-refractivity contribution in [2.24, 2.45) is 10.7 Å². The molecule has 1 aliphatic rings. The lowest BCUT2D eigenvalue weighted by atomic mass is 9.96. The van der Waals surface area contributed by atoms with E-state index in [9.17, 15) is 0 Å². The third-order valence-corrected chi connectivity index (χ3v) is 4.03. The molecule has 0 amide bonds. The number of nitrogens with two attached hydrogens (primary N) is 1. The molecule has 0 aromatic carbocycles. The van der Waals surface area contributed by atoms with Crippen LogP contribution in [-0.4, -0.2) is 28.6 Å². The summed E-state index contributed by atoms with van der Waals surface area (Å²) in [7, 11) is 0. The molecular formula is C16H25N5S. The highest BCUT2D eigenvalue weighted by Crippen LogP contribution is 2.19. The zero-order chi connectivity index (χ0) is 15.6. The van der Waals surface area contributed by atoms with E-state index in [1.54, 1.807) is 6.20 Å². The second kappa shape index (κ2) is 9.35. The Labute approximate surface area is 137 Å². The standard InChI is InChI=1S/C16H25N5S/c17-15(20-14-8-2-1-3-9-14)21-16(22)19-11-5-7-13-6-4-10-18-12-13/h4,6,10,12,14H,1-3,5,7-9,11H2,(H4,17,19,20,21,22). The van der Waals surface area contributed by atoms with Crippen molar-refractivity contribution in [1.82, 2.24) is 15.6 Å². The SMILES string of the molecule is NC(=NC1CCCCC1)NC(=S)NCCCc1cccnc1. The van der Waals surface area contributed by atoms with E-state index in [1.165, 1.54) is 24.8 Å².